The Morgan fingerprint density at radius 3 is 2.79 bits per heavy atom. The highest BCUT2D eigenvalue weighted by Crippen LogP contribution is 2.34. The molecule has 2 amide bonds. The van der Waals surface area contributed by atoms with Crippen LogP contribution in [0, 0.1) is 12.8 Å². The molecule has 172 valence electrons. The molecule has 2 atom stereocenters. The summed E-state index contributed by atoms with van der Waals surface area (Å²) in [4.78, 5) is 24.7. The summed E-state index contributed by atoms with van der Waals surface area (Å²) in [6.45, 7) is 3.72. The van der Waals surface area contributed by atoms with E-state index < -0.39 is 17.9 Å². The number of primary amides is 1. The van der Waals surface area contributed by atoms with Crippen LogP contribution < -0.4 is 25.3 Å². The topological polar surface area (TPSA) is 129 Å². The zero-order chi connectivity index (χ0) is 23.5. The summed E-state index contributed by atoms with van der Waals surface area (Å²) < 4.78 is 16.9. The first-order valence-corrected chi connectivity index (χ1v) is 10.6. The average Bonchev–Trinajstić information content (AvgIpc) is 3.25. The number of aryl methyl sites for hydroxylation is 1. The van der Waals surface area contributed by atoms with E-state index in [9.17, 15) is 9.59 Å². The number of aromatic nitrogens is 2. The van der Waals surface area contributed by atoms with Crippen molar-refractivity contribution >= 4 is 17.5 Å². The molecule has 0 saturated carbocycles. The predicted molar refractivity (Wildman–Crippen MR) is 122 cm³/mol. The highest BCUT2D eigenvalue weighted by molar-refractivity contribution is 5.95. The SMILES string of the molecule is COc1ccc2c(c1)C[C@@H](C(=O)Nc1ccc(-c3cn[nH]c3C)cc1O[C@H](C)C(N)=O)CO2. The van der Waals surface area contributed by atoms with Crippen molar-refractivity contribution in [1.82, 2.24) is 10.2 Å². The minimum atomic E-state index is -0.876. The third kappa shape index (κ3) is 4.77. The number of H-pyrrole nitrogens is 1. The number of rotatable bonds is 7. The Morgan fingerprint density at radius 2 is 2.09 bits per heavy atom. The fraction of sp³-hybridized carbons (Fsp3) is 0.292. The molecule has 1 aromatic heterocycles. The standard InChI is InChI=1S/C24H26N4O5/c1-13-19(11-26-28-13)15-4-6-20(22(10-15)33-14(2)23(25)29)27-24(30)17-8-16-9-18(31-3)5-7-21(16)32-12-17/h4-7,9-11,14,17H,8,12H2,1-3H3,(H2,25,29)(H,26,28)(H,27,30)/t14-,17-/m1/s1. The molecule has 3 aromatic rings. The van der Waals surface area contributed by atoms with Crippen molar-refractivity contribution in [3.05, 3.63) is 53.9 Å². The normalized spacial score (nSPS) is 15.7. The molecule has 0 aliphatic carbocycles. The maximum absolute atomic E-state index is 13.1. The van der Waals surface area contributed by atoms with Crippen LogP contribution in [0.15, 0.2) is 42.6 Å². The molecule has 0 saturated heterocycles. The number of carbonyl (C=O) groups is 2. The predicted octanol–water partition coefficient (Wildman–Crippen LogP) is 2.84. The van der Waals surface area contributed by atoms with Crippen molar-refractivity contribution in [2.24, 2.45) is 11.7 Å². The van der Waals surface area contributed by atoms with Gasteiger partial charge in [0.15, 0.2) is 6.10 Å². The van der Waals surface area contributed by atoms with Gasteiger partial charge in [-0.3, -0.25) is 14.7 Å². The molecule has 0 fully saturated rings. The van der Waals surface area contributed by atoms with Crippen molar-refractivity contribution in [3.8, 4) is 28.4 Å². The number of ether oxygens (including phenoxy) is 3. The van der Waals surface area contributed by atoms with Gasteiger partial charge in [-0.15, -0.1) is 0 Å². The lowest BCUT2D eigenvalue weighted by molar-refractivity contribution is -0.124. The number of amides is 2. The molecule has 1 aliphatic rings. The molecule has 33 heavy (non-hydrogen) atoms. The molecule has 9 nitrogen and oxygen atoms in total. The average molecular weight is 450 g/mol. The largest absolute Gasteiger partial charge is 0.497 e. The molecule has 9 heteroatoms. The van der Waals surface area contributed by atoms with Crippen molar-refractivity contribution in [3.63, 3.8) is 0 Å². The summed E-state index contributed by atoms with van der Waals surface area (Å²) in [6.07, 6.45) is 1.34. The Kier molecular flexibility index (Phi) is 6.21. The summed E-state index contributed by atoms with van der Waals surface area (Å²) in [5.74, 6) is 0.572. The Balaban J connectivity index is 1.57. The number of nitrogens with zero attached hydrogens (tertiary/aromatic N) is 1. The van der Waals surface area contributed by atoms with Crippen molar-refractivity contribution in [2.75, 3.05) is 19.0 Å². The highest BCUT2D eigenvalue weighted by atomic mass is 16.5. The molecule has 4 rings (SSSR count). The van der Waals surface area contributed by atoms with Crippen LogP contribution >= 0.6 is 0 Å². The van der Waals surface area contributed by atoms with Gasteiger partial charge in [0.25, 0.3) is 5.91 Å². The number of anilines is 1. The van der Waals surface area contributed by atoms with Gasteiger partial charge < -0.3 is 25.3 Å². The van der Waals surface area contributed by atoms with E-state index in [4.69, 9.17) is 19.9 Å². The Hall–Kier alpha value is -4.01. The summed E-state index contributed by atoms with van der Waals surface area (Å²) in [6, 6.07) is 10.9. The van der Waals surface area contributed by atoms with Crippen LogP contribution in [0.1, 0.15) is 18.2 Å². The number of nitrogens with two attached hydrogens (primary N) is 1. The first kappa shape index (κ1) is 22.2. The van der Waals surface area contributed by atoms with Crippen LogP contribution in [-0.4, -0.2) is 41.8 Å². The zero-order valence-corrected chi connectivity index (χ0v) is 18.7. The van der Waals surface area contributed by atoms with E-state index in [1.54, 1.807) is 32.4 Å². The third-order valence-electron chi connectivity index (χ3n) is 5.63. The van der Waals surface area contributed by atoms with Gasteiger partial charge in [-0.05, 0) is 61.7 Å². The van der Waals surface area contributed by atoms with Crippen molar-refractivity contribution in [1.29, 1.82) is 0 Å². The molecular weight excluding hydrogens is 424 g/mol. The zero-order valence-electron chi connectivity index (χ0n) is 18.7. The summed E-state index contributed by atoms with van der Waals surface area (Å²) in [5, 5.41) is 9.86. The maximum atomic E-state index is 13.1. The lowest BCUT2D eigenvalue weighted by Gasteiger charge is -2.25. The fourth-order valence-electron chi connectivity index (χ4n) is 3.68. The van der Waals surface area contributed by atoms with Crippen LogP contribution in [0.3, 0.4) is 0 Å². The highest BCUT2D eigenvalue weighted by Gasteiger charge is 2.27. The molecule has 1 aliphatic heterocycles. The summed E-state index contributed by atoms with van der Waals surface area (Å²) >= 11 is 0. The lowest BCUT2D eigenvalue weighted by atomic mass is 9.95. The second-order valence-corrected chi connectivity index (χ2v) is 7.96. The van der Waals surface area contributed by atoms with Gasteiger partial charge in [0.05, 0.1) is 24.9 Å². The molecule has 0 radical (unpaired) electrons. The Morgan fingerprint density at radius 1 is 1.27 bits per heavy atom. The van der Waals surface area contributed by atoms with Crippen molar-refractivity contribution < 1.29 is 23.8 Å². The molecule has 0 spiro atoms. The fourth-order valence-corrected chi connectivity index (χ4v) is 3.68. The second kappa shape index (κ2) is 9.23. The van der Waals surface area contributed by atoms with Gasteiger partial charge in [-0.25, -0.2) is 0 Å². The van der Waals surface area contributed by atoms with E-state index in [0.717, 1.165) is 28.1 Å². The molecule has 0 unspecified atom stereocenters. The molecular formula is C24H26N4O5. The van der Waals surface area contributed by atoms with Gasteiger partial charge in [-0.1, -0.05) is 6.07 Å². The van der Waals surface area contributed by atoms with E-state index in [0.29, 0.717) is 23.6 Å². The first-order valence-electron chi connectivity index (χ1n) is 10.6. The van der Waals surface area contributed by atoms with Crippen LogP contribution in [-0.2, 0) is 16.0 Å². The quantitative estimate of drug-likeness (QED) is 0.508. The molecule has 2 heterocycles. The number of nitrogens with one attached hydrogen (secondary N) is 2. The number of carbonyl (C=O) groups excluding carboxylic acids is 2. The van der Waals surface area contributed by atoms with E-state index in [1.165, 1.54) is 0 Å². The van der Waals surface area contributed by atoms with E-state index in [-0.39, 0.29) is 12.5 Å². The van der Waals surface area contributed by atoms with Gasteiger partial charge in [-0.2, -0.15) is 5.10 Å². The van der Waals surface area contributed by atoms with E-state index >= 15 is 0 Å². The first-order chi connectivity index (χ1) is 15.9. The van der Waals surface area contributed by atoms with Crippen LogP contribution in [0.25, 0.3) is 11.1 Å². The maximum Gasteiger partial charge on any atom is 0.258 e. The lowest BCUT2D eigenvalue weighted by Crippen LogP contribution is -2.33. The monoisotopic (exact) mass is 450 g/mol. The molecule has 4 N–H and O–H groups in total. The number of methoxy groups -OCH3 is 1. The number of aromatic amines is 1. The van der Waals surface area contributed by atoms with Gasteiger partial charge >= 0.3 is 0 Å². The second-order valence-electron chi connectivity index (χ2n) is 7.96. The van der Waals surface area contributed by atoms with Crippen LogP contribution in [0.4, 0.5) is 5.69 Å². The van der Waals surface area contributed by atoms with Crippen LogP contribution in [0.5, 0.6) is 17.2 Å². The van der Waals surface area contributed by atoms with E-state index in [2.05, 4.69) is 15.5 Å². The summed E-state index contributed by atoms with van der Waals surface area (Å²) in [7, 11) is 1.60. The minimum absolute atomic E-state index is 0.215. The number of hydrogen-bond acceptors (Lipinski definition) is 6. The third-order valence-corrected chi connectivity index (χ3v) is 5.63. The summed E-state index contributed by atoms with van der Waals surface area (Å²) in [5.41, 5.74) is 9.33. The Bertz CT molecular complexity index is 1190. The minimum Gasteiger partial charge on any atom is -0.497 e. The molecule has 0 bridgehead atoms. The number of fused-ring (bicyclic) bond motifs is 1. The van der Waals surface area contributed by atoms with E-state index in [1.807, 2.05) is 31.2 Å². The smallest absolute Gasteiger partial charge is 0.258 e. The van der Waals surface area contributed by atoms with Crippen LogP contribution in [0.2, 0.25) is 0 Å². The van der Waals surface area contributed by atoms with Gasteiger partial charge in [0.2, 0.25) is 5.91 Å². The Labute approximate surface area is 191 Å². The van der Waals surface area contributed by atoms with Crippen molar-refractivity contribution in [2.45, 2.75) is 26.4 Å². The number of hydrogen-bond donors (Lipinski definition) is 3. The molecule has 2 aromatic carbocycles. The number of benzene rings is 2. The van der Waals surface area contributed by atoms with Gasteiger partial charge in [0.1, 0.15) is 23.9 Å². The van der Waals surface area contributed by atoms with Gasteiger partial charge in [0, 0.05) is 11.3 Å².